The minimum Gasteiger partial charge on any atom is -0.497 e. The molecular weight excluding hydrogens is 552 g/mol. The van der Waals surface area contributed by atoms with Crippen molar-refractivity contribution in [2.75, 3.05) is 26.4 Å². The Balaban J connectivity index is 0.000000276. The molecule has 44 heavy (non-hydrogen) atoms. The summed E-state index contributed by atoms with van der Waals surface area (Å²) in [7, 11) is 0. The Morgan fingerprint density at radius 1 is 0.523 bits per heavy atom. The Hall–Kier alpha value is -1.56. The van der Waals surface area contributed by atoms with Crippen LogP contribution in [0.25, 0.3) is 0 Å². The van der Waals surface area contributed by atoms with Crippen molar-refractivity contribution in [1.29, 1.82) is 0 Å². The van der Waals surface area contributed by atoms with Crippen LogP contribution >= 0.6 is 0 Å². The van der Waals surface area contributed by atoms with E-state index in [1.807, 2.05) is 27.7 Å². The molecule has 0 spiro atoms. The predicted octanol–water partition coefficient (Wildman–Crippen LogP) is 9.94. The Bertz CT molecular complexity index is 950. The molecular formula is C38H70O6. The fourth-order valence-electron chi connectivity index (χ4n) is 5.09. The maximum Gasteiger partial charge on any atom is 0.307 e. The molecule has 0 bridgehead atoms. The second kappa shape index (κ2) is 14.1. The van der Waals surface area contributed by atoms with Gasteiger partial charge in [-0.15, -0.1) is 0 Å². The van der Waals surface area contributed by atoms with Crippen molar-refractivity contribution in [3.05, 3.63) is 12.3 Å². The number of carbonyl (C=O) groups excluding carboxylic acids is 2. The van der Waals surface area contributed by atoms with Crippen LogP contribution in [0.1, 0.15) is 149 Å². The zero-order valence-electron chi connectivity index (χ0n) is 31.7. The first-order valence-corrected chi connectivity index (χ1v) is 16.8. The molecule has 6 nitrogen and oxygen atoms in total. The SMILES string of the molecule is C=C1OCC(C)(C)C1(C)C.CC1(C)CC(=O)OC1(C)C.CC1(C)CCCC1.CC1(C)COC(=O)C1.CC1(C)COCC1(C)C. The monoisotopic (exact) mass is 623 g/mol. The first kappa shape index (κ1) is 40.5. The standard InChI is InChI=1S/C9H16O.C8H14O2.C8H16O.C7H14.C6H10O2/c1-7-9(4,5)8(2,3)6-10-7;1-7(2)5-6(9)10-8(7,3)4;1-7(2)5-9-6-8(7,3)4;1-7(2)5-3-4-6-7;1-6(2)3-5(7)8-4-6/h1,6H2,2-5H3;5H2,1-4H3;5-6H2,1-4H3;3-6H2,1-2H3;3-4H2,1-2H3. The molecule has 0 atom stereocenters. The van der Waals surface area contributed by atoms with Crippen LogP contribution in [-0.4, -0.2) is 44.0 Å². The highest BCUT2D eigenvalue weighted by atomic mass is 16.6. The van der Waals surface area contributed by atoms with E-state index in [1.165, 1.54) is 25.7 Å². The fraction of sp³-hybridized carbons (Fsp3) is 0.895. The summed E-state index contributed by atoms with van der Waals surface area (Å²) >= 11 is 0. The van der Waals surface area contributed by atoms with Crippen LogP contribution in [0, 0.1) is 37.9 Å². The zero-order chi connectivity index (χ0) is 34.6. The summed E-state index contributed by atoms with van der Waals surface area (Å²) in [6.07, 6.45) is 6.95. The summed E-state index contributed by atoms with van der Waals surface area (Å²) in [6.45, 7) is 41.7. The van der Waals surface area contributed by atoms with Gasteiger partial charge in [-0.2, -0.15) is 0 Å². The lowest BCUT2D eigenvalue weighted by Crippen LogP contribution is -2.34. The number of hydrogen-bond donors (Lipinski definition) is 0. The van der Waals surface area contributed by atoms with Crippen LogP contribution in [0.3, 0.4) is 0 Å². The van der Waals surface area contributed by atoms with E-state index in [1.54, 1.807) is 0 Å². The van der Waals surface area contributed by atoms with E-state index in [0.29, 0.717) is 35.7 Å². The first-order chi connectivity index (χ1) is 19.5. The third-order valence-electron chi connectivity index (χ3n) is 11.5. The van der Waals surface area contributed by atoms with Crippen LogP contribution in [0.15, 0.2) is 12.3 Å². The molecule has 0 aromatic rings. The van der Waals surface area contributed by atoms with Gasteiger partial charge in [0, 0.05) is 21.7 Å². The summed E-state index contributed by atoms with van der Waals surface area (Å²) in [5.74, 6) is 0.794. The third kappa shape index (κ3) is 11.1. The molecule has 0 N–H and O–H groups in total. The number of cyclic esters (lactones) is 2. The molecule has 0 aromatic carbocycles. The van der Waals surface area contributed by atoms with Crippen LogP contribution in [0.2, 0.25) is 0 Å². The number of ether oxygens (including phenoxy) is 4. The minimum atomic E-state index is -0.288. The van der Waals surface area contributed by atoms with Crippen LogP contribution in [0.4, 0.5) is 0 Å². The van der Waals surface area contributed by atoms with E-state index in [0.717, 1.165) is 25.6 Å². The molecule has 0 amide bonds. The van der Waals surface area contributed by atoms with Gasteiger partial charge in [0.1, 0.15) is 5.60 Å². The molecule has 5 aliphatic rings. The van der Waals surface area contributed by atoms with Gasteiger partial charge in [0.2, 0.25) is 0 Å². The molecule has 258 valence electrons. The number of esters is 2. The van der Waals surface area contributed by atoms with Crippen molar-refractivity contribution in [3.63, 3.8) is 0 Å². The maximum atomic E-state index is 10.9. The number of allylic oxidation sites excluding steroid dienone is 1. The normalized spacial score (nSPS) is 28.2. The fourth-order valence-corrected chi connectivity index (χ4v) is 5.09. The lowest BCUT2D eigenvalue weighted by molar-refractivity contribution is -0.147. The van der Waals surface area contributed by atoms with Crippen LogP contribution in [0.5, 0.6) is 0 Å². The average Bonchev–Trinajstić information content (AvgIpc) is 3.54. The molecule has 4 saturated heterocycles. The topological polar surface area (TPSA) is 71.1 Å². The molecule has 1 aliphatic carbocycles. The van der Waals surface area contributed by atoms with E-state index < -0.39 is 0 Å². The highest BCUT2D eigenvalue weighted by Gasteiger charge is 2.48. The molecule has 0 unspecified atom stereocenters. The van der Waals surface area contributed by atoms with Crippen molar-refractivity contribution in [1.82, 2.24) is 0 Å². The molecule has 5 fully saturated rings. The van der Waals surface area contributed by atoms with E-state index >= 15 is 0 Å². The highest BCUT2D eigenvalue weighted by molar-refractivity contribution is 5.73. The summed E-state index contributed by atoms with van der Waals surface area (Å²) in [4.78, 5) is 21.3. The number of rotatable bonds is 0. The summed E-state index contributed by atoms with van der Waals surface area (Å²) in [6, 6.07) is 0. The molecule has 0 radical (unpaired) electrons. The maximum absolute atomic E-state index is 10.9. The largest absolute Gasteiger partial charge is 0.497 e. The molecule has 1 saturated carbocycles. The van der Waals surface area contributed by atoms with Gasteiger partial charge in [0.25, 0.3) is 0 Å². The van der Waals surface area contributed by atoms with Crippen molar-refractivity contribution in [3.8, 4) is 0 Å². The summed E-state index contributed by atoms with van der Waals surface area (Å²) in [5, 5.41) is 0. The van der Waals surface area contributed by atoms with Crippen molar-refractivity contribution in [2.24, 2.45) is 37.9 Å². The Morgan fingerprint density at radius 3 is 1.11 bits per heavy atom. The number of carbonyl (C=O) groups is 2. The minimum absolute atomic E-state index is 0.00984. The van der Waals surface area contributed by atoms with Crippen LogP contribution in [-0.2, 0) is 28.5 Å². The summed E-state index contributed by atoms with van der Waals surface area (Å²) in [5.41, 5.74) is 1.60. The van der Waals surface area contributed by atoms with Gasteiger partial charge in [0.05, 0.1) is 45.0 Å². The second-order valence-electron chi connectivity index (χ2n) is 18.9. The lowest BCUT2D eigenvalue weighted by Gasteiger charge is -2.31. The van der Waals surface area contributed by atoms with Gasteiger partial charge in [-0.25, -0.2) is 0 Å². The quantitative estimate of drug-likeness (QED) is 0.250. The van der Waals surface area contributed by atoms with Gasteiger partial charge in [-0.05, 0) is 42.9 Å². The first-order valence-electron chi connectivity index (χ1n) is 16.8. The number of hydrogen-bond acceptors (Lipinski definition) is 6. The van der Waals surface area contributed by atoms with Gasteiger partial charge in [-0.1, -0.05) is 116 Å². The molecule has 0 aromatic heterocycles. The molecule has 6 heteroatoms. The van der Waals surface area contributed by atoms with Crippen molar-refractivity contribution >= 4 is 11.9 Å². The molecule has 5 rings (SSSR count). The van der Waals surface area contributed by atoms with Gasteiger partial charge in [0.15, 0.2) is 0 Å². The van der Waals surface area contributed by atoms with Crippen molar-refractivity contribution < 1.29 is 28.5 Å². The molecule has 4 heterocycles. The van der Waals surface area contributed by atoms with Gasteiger partial charge < -0.3 is 18.9 Å². The Labute approximate surface area is 271 Å². The Kier molecular flexibility index (Phi) is 12.9. The van der Waals surface area contributed by atoms with E-state index in [-0.39, 0.29) is 39.2 Å². The lowest BCUT2D eigenvalue weighted by atomic mass is 9.70. The van der Waals surface area contributed by atoms with E-state index in [4.69, 9.17) is 18.9 Å². The zero-order valence-corrected chi connectivity index (χ0v) is 31.7. The predicted molar refractivity (Wildman–Crippen MR) is 181 cm³/mol. The summed E-state index contributed by atoms with van der Waals surface area (Å²) < 4.78 is 20.6. The van der Waals surface area contributed by atoms with E-state index in [2.05, 4.69) is 89.7 Å². The van der Waals surface area contributed by atoms with E-state index in [9.17, 15) is 9.59 Å². The average molecular weight is 623 g/mol. The Morgan fingerprint density at radius 2 is 1.00 bits per heavy atom. The van der Waals surface area contributed by atoms with Gasteiger partial charge >= 0.3 is 11.9 Å². The van der Waals surface area contributed by atoms with Gasteiger partial charge in [-0.3, -0.25) is 9.59 Å². The second-order valence-corrected chi connectivity index (χ2v) is 18.9. The smallest absolute Gasteiger partial charge is 0.307 e. The highest BCUT2D eigenvalue weighted by Crippen LogP contribution is 2.49. The third-order valence-corrected chi connectivity index (χ3v) is 11.5. The molecule has 4 aliphatic heterocycles. The van der Waals surface area contributed by atoms with Crippen molar-refractivity contribution in [2.45, 2.75) is 155 Å². The van der Waals surface area contributed by atoms with Crippen LogP contribution < -0.4 is 0 Å².